The lowest BCUT2D eigenvalue weighted by Gasteiger charge is -2.15. The number of guanidine groups is 1. The van der Waals surface area contributed by atoms with Crippen LogP contribution in [0.1, 0.15) is 25.1 Å². The smallest absolute Gasteiger partial charge is 0.257 e. The summed E-state index contributed by atoms with van der Waals surface area (Å²) in [4.78, 5) is 19.1. The summed E-state index contributed by atoms with van der Waals surface area (Å²) < 4.78 is -1.82. The van der Waals surface area contributed by atoms with Crippen LogP contribution in [0.2, 0.25) is 5.02 Å². The van der Waals surface area contributed by atoms with Crippen LogP contribution in [0.5, 0.6) is 0 Å². The molecule has 1 fully saturated rings. The maximum Gasteiger partial charge on any atom is 0.257 e. The molecule has 0 atom stereocenters. The van der Waals surface area contributed by atoms with Crippen LogP contribution in [0.15, 0.2) is 29.3 Å². The molecule has 0 radical (unpaired) electrons. The van der Waals surface area contributed by atoms with E-state index in [1.807, 2.05) is 0 Å². The number of hydrogen-bond acceptors (Lipinski definition) is 6. The van der Waals surface area contributed by atoms with Gasteiger partial charge in [-0.15, -0.1) is 0 Å². The third kappa shape index (κ3) is 7.28. The Bertz CT molecular complexity index is 863. The average Bonchev–Trinajstić information content (AvgIpc) is 3.20. The number of likely N-dealkylation sites (tertiary alicyclic amines) is 1. The Labute approximate surface area is 195 Å². The Morgan fingerprint density at radius 2 is 1.80 bits per heavy atom. The van der Waals surface area contributed by atoms with Gasteiger partial charge in [0.15, 0.2) is 5.82 Å². The average molecular weight is 492 g/mol. The summed E-state index contributed by atoms with van der Waals surface area (Å²) in [6.07, 6.45) is 3.47. The van der Waals surface area contributed by atoms with Crippen molar-refractivity contribution in [3.05, 3.63) is 35.1 Å². The number of nitrogens with two attached hydrogens (primary N) is 1. The van der Waals surface area contributed by atoms with Gasteiger partial charge in [0.25, 0.3) is 5.95 Å². The summed E-state index contributed by atoms with van der Waals surface area (Å²) in [5.74, 6) is 0.319. The summed E-state index contributed by atoms with van der Waals surface area (Å²) in [7, 11) is 0. The van der Waals surface area contributed by atoms with Crippen molar-refractivity contribution in [3.8, 4) is 0 Å². The maximum absolute atomic E-state index is 5.97. The van der Waals surface area contributed by atoms with E-state index in [0.29, 0.717) is 17.3 Å². The fraction of sp³-hybridized carbons (Fsp3) is 0.444. The zero-order valence-corrected chi connectivity index (χ0v) is 19.1. The predicted octanol–water partition coefficient (Wildman–Crippen LogP) is 4.31. The summed E-state index contributed by atoms with van der Waals surface area (Å²) in [6.45, 7) is 3.99. The molecule has 1 saturated heterocycles. The quantitative estimate of drug-likeness (QED) is 0.229. The number of rotatable bonds is 7. The Hall–Kier alpha value is -1.58. The highest BCUT2D eigenvalue weighted by Crippen LogP contribution is 2.36. The molecule has 1 aromatic heterocycles. The van der Waals surface area contributed by atoms with E-state index in [1.54, 1.807) is 24.3 Å². The SMILES string of the molecule is N/C(=N\c1nc(NCCCN2CCCC2)nc(C(Cl)(Cl)Cl)n1)Nc1ccc(Cl)cc1. The van der Waals surface area contributed by atoms with Gasteiger partial charge < -0.3 is 21.3 Å². The minimum Gasteiger partial charge on any atom is -0.369 e. The Morgan fingerprint density at radius 1 is 1.10 bits per heavy atom. The molecule has 4 N–H and O–H groups in total. The zero-order valence-electron chi connectivity index (χ0n) is 16.1. The molecule has 0 aliphatic carbocycles. The normalized spacial score (nSPS) is 15.4. The second-order valence-corrected chi connectivity index (χ2v) is 9.46. The fourth-order valence-corrected chi connectivity index (χ4v) is 3.33. The van der Waals surface area contributed by atoms with E-state index in [-0.39, 0.29) is 23.7 Å². The molecule has 1 aromatic carbocycles. The van der Waals surface area contributed by atoms with Crippen molar-refractivity contribution in [3.63, 3.8) is 0 Å². The minimum atomic E-state index is -1.82. The number of alkyl halides is 3. The van der Waals surface area contributed by atoms with Crippen molar-refractivity contribution in [1.82, 2.24) is 19.9 Å². The van der Waals surface area contributed by atoms with Gasteiger partial charge in [-0.25, -0.2) is 0 Å². The largest absolute Gasteiger partial charge is 0.369 e. The van der Waals surface area contributed by atoms with E-state index in [4.69, 9.17) is 52.1 Å². The number of benzene rings is 1. The number of halogens is 4. The third-order valence-electron chi connectivity index (χ3n) is 4.35. The van der Waals surface area contributed by atoms with Gasteiger partial charge >= 0.3 is 0 Å². The predicted molar refractivity (Wildman–Crippen MR) is 124 cm³/mol. The van der Waals surface area contributed by atoms with Crippen LogP contribution < -0.4 is 16.4 Å². The highest BCUT2D eigenvalue weighted by Gasteiger charge is 2.28. The molecule has 162 valence electrons. The van der Waals surface area contributed by atoms with Crippen molar-refractivity contribution < 1.29 is 0 Å². The second-order valence-electron chi connectivity index (χ2n) is 6.74. The molecule has 0 unspecified atom stereocenters. The monoisotopic (exact) mass is 490 g/mol. The van der Waals surface area contributed by atoms with Gasteiger partial charge in [0, 0.05) is 17.3 Å². The molecular weight excluding hydrogens is 470 g/mol. The summed E-state index contributed by atoms with van der Waals surface area (Å²) in [6, 6.07) is 6.98. The van der Waals surface area contributed by atoms with Gasteiger partial charge in [0.1, 0.15) is 0 Å². The number of aromatic nitrogens is 3. The number of aliphatic imine (C=N–C) groups is 1. The van der Waals surface area contributed by atoms with Crippen molar-refractivity contribution in [1.29, 1.82) is 0 Å². The lowest BCUT2D eigenvalue weighted by Crippen LogP contribution is -2.23. The first kappa shape index (κ1) is 23.1. The summed E-state index contributed by atoms with van der Waals surface area (Å²) >= 11 is 23.8. The number of nitrogens with zero attached hydrogens (tertiary/aromatic N) is 5. The van der Waals surface area contributed by atoms with Crippen LogP contribution >= 0.6 is 46.4 Å². The highest BCUT2D eigenvalue weighted by atomic mass is 35.6. The molecule has 8 nitrogen and oxygen atoms in total. The molecule has 30 heavy (non-hydrogen) atoms. The minimum absolute atomic E-state index is 0.0207. The number of anilines is 2. The van der Waals surface area contributed by atoms with Gasteiger partial charge in [-0.05, 0) is 63.2 Å². The molecule has 0 saturated carbocycles. The van der Waals surface area contributed by atoms with Crippen LogP contribution in [-0.2, 0) is 3.79 Å². The van der Waals surface area contributed by atoms with Gasteiger partial charge in [0.05, 0.1) is 0 Å². The molecular formula is C18H22Cl4N8. The van der Waals surface area contributed by atoms with Crippen LogP contribution in [0.4, 0.5) is 17.6 Å². The molecule has 0 amide bonds. The summed E-state index contributed by atoms with van der Waals surface area (Å²) in [5.41, 5.74) is 6.66. The lowest BCUT2D eigenvalue weighted by atomic mass is 10.3. The van der Waals surface area contributed by atoms with Crippen molar-refractivity contribution in [2.75, 3.05) is 36.8 Å². The molecule has 0 bridgehead atoms. The Kier molecular flexibility index (Phi) is 8.19. The highest BCUT2D eigenvalue weighted by molar-refractivity contribution is 6.66. The number of hydrogen-bond donors (Lipinski definition) is 3. The Balaban J connectivity index is 1.68. The molecule has 1 aliphatic rings. The van der Waals surface area contributed by atoms with E-state index < -0.39 is 3.79 Å². The van der Waals surface area contributed by atoms with E-state index in [2.05, 4.69) is 35.5 Å². The number of nitrogens with one attached hydrogen (secondary N) is 2. The molecule has 0 spiro atoms. The first-order valence-electron chi connectivity index (χ1n) is 9.46. The van der Waals surface area contributed by atoms with Gasteiger partial charge in [-0.2, -0.15) is 19.9 Å². The molecule has 3 rings (SSSR count). The standard InChI is InChI=1S/C18H22Cl4N8/c19-12-4-6-13(7-5-12)25-15(23)28-17-27-14(18(20,21)22)26-16(29-17)24-8-3-11-30-9-1-2-10-30/h4-7H,1-3,8-11H2,(H4,23,24,25,26,27,28,29). The van der Waals surface area contributed by atoms with Gasteiger partial charge in [-0.1, -0.05) is 46.4 Å². The maximum atomic E-state index is 5.97. The van der Waals surface area contributed by atoms with Crippen LogP contribution in [0, 0.1) is 0 Å². The molecule has 1 aliphatic heterocycles. The van der Waals surface area contributed by atoms with Crippen molar-refractivity contribution >= 4 is 69.9 Å². The molecule has 12 heteroatoms. The van der Waals surface area contributed by atoms with E-state index in [9.17, 15) is 0 Å². The first-order valence-corrected chi connectivity index (χ1v) is 11.0. The van der Waals surface area contributed by atoms with E-state index >= 15 is 0 Å². The molecule has 2 heterocycles. The van der Waals surface area contributed by atoms with Crippen LogP contribution in [0.25, 0.3) is 0 Å². The lowest BCUT2D eigenvalue weighted by molar-refractivity contribution is 0.337. The molecule has 2 aromatic rings. The van der Waals surface area contributed by atoms with Crippen molar-refractivity contribution in [2.45, 2.75) is 23.1 Å². The first-order chi connectivity index (χ1) is 14.3. The fourth-order valence-electron chi connectivity index (χ4n) is 2.95. The second kappa shape index (κ2) is 10.6. The van der Waals surface area contributed by atoms with Crippen molar-refractivity contribution in [2.24, 2.45) is 10.7 Å². The topological polar surface area (TPSA) is 104 Å². The van der Waals surface area contributed by atoms with Gasteiger partial charge in [0.2, 0.25) is 15.7 Å². The van der Waals surface area contributed by atoms with Crippen LogP contribution in [-0.4, -0.2) is 52.0 Å². The zero-order chi connectivity index (χ0) is 21.6. The third-order valence-corrected chi connectivity index (χ3v) is 5.11. The van der Waals surface area contributed by atoms with E-state index in [1.165, 1.54) is 12.8 Å². The van der Waals surface area contributed by atoms with Crippen LogP contribution in [0.3, 0.4) is 0 Å². The van der Waals surface area contributed by atoms with Gasteiger partial charge in [-0.3, -0.25) is 0 Å². The summed E-state index contributed by atoms with van der Waals surface area (Å²) in [5, 5.41) is 6.68. The Morgan fingerprint density at radius 3 is 2.47 bits per heavy atom. The van der Waals surface area contributed by atoms with E-state index in [0.717, 1.165) is 26.1 Å².